The molecular weight excluding hydrogens is 276 g/mol. The van der Waals surface area contributed by atoms with Crippen LogP contribution in [0, 0.1) is 10.1 Å². The van der Waals surface area contributed by atoms with Crippen LogP contribution in [0.4, 0.5) is 5.69 Å². The van der Waals surface area contributed by atoms with E-state index in [-0.39, 0.29) is 24.0 Å². The van der Waals surface area contributed by atoms with Gasteiger partial charge in [-0.05, 0) is 31.2 Å². The van der Waals surface area contributed by atoms with E-state index in [9.17, 15) is 14.9 Å². The van der Waals surface area contributed by atoms with Crippen molar-refractivity contribution in [3.05, 3.63) is 58.0 Å². The van der Waals surface area contributed by atoms with Gasteiger partial charge in [0.1, 0.15) is 18.1 Å². The zero-order valence-electron chi connectivity index (χ0n) is 11.4. The average Bonchev–Trinajstić information content (AvgIpc) is 2.95. The molecule has 0 fully saturated rings. The number of hydrogen-bond donors (Lipinski definition) is 1. The van der Waals surface area contributed by atoms with Gasteiger partial charge in [-0.1, -0.05) is 0 Å². The molecule has 2 rings (SSSR count). The summed E-state index contributed by atoms with van der Waals surface area (Å²) in [4.78, 5) is 21.6. The van der Waals surface area contributed by atoms with E-state index in [2.05, 4.69) is 5.32 Å². The van der Waals surface area contributed by atoms with Crippen molar-refractivity contribution in [1.82, 2.24) is 5.32 Å². The van der Waals surface area contributed by atoms with Gasteiger partial charge in [-0.15, -0.1) is 0 Å². The topological polar surface area (TPSA) is 94.6 Å². The van der Waals surface area contributed by atoms with Crippen LogP contribution in [0.2, 0.25) is 0 Å². The van der Waals surface area contributed by atoms with E-state index in [4.69, 9.17) is 9.15 Å². The molecule has 1 amide bonds. The first-order valence-corrected chi connectivity index (χ1v) is 6.34. The zero-order valence-corrected chi connectivity index (χ0v) is 11.4. The molecule has 0 aliphatic carbocycles. The van der Waals surface area contributed by atoms with E-state index in [1.807, 2.05) is 6.92 Å². The number of nitro groups is 1. The molecule has 0 saturated heterocycles. The summed E-state index contributed by atoms with van der Waals surface area (Å²) in [7, 11) is 0. The summed E-state index contributed by atoms with van der Waals surface area (Å²) in [5.41, 5.74) is -0.00104. The van der Waals surface area contributed by atoms with Crippen LogP contribution in [-0.2, 0) is 6.61 Å². The van der Waals surface area contributed by atoms with E-state index in [1.165, 1.54) is 24.3 Å². The Morgan fingerprint density at radius 3 is 2.62 bits per heavy atom. The molecule has 0 bridgehead atoms. The minimum absolute atomic E-state index is 0.00104. The summed E-state index contributed by atoms with van der Waals surface area (Å²) in [6.45, 7) is 2.48. The summed E-state index contributed by atoms with van der Waals surface area (Å²) >= 11 is 0. The van der Waals surface area contributed by atoms with Gasteiger partial charge in [0.15, 0.2) is 5.76 Å². The Morgan fingerprint density at radius 2 is 2.00 bits per heavy atom. The fraction of sp³-hybridized carbons (Fsp3) is 0.214. The van der Waals surface area contributed by atoms with Gasteiger partial charge in [-0.25, -0.2) is 0 Å². The first-order valence-electron chi connectivity index (χ1n) is 6.34. The first-order chi connectivity index (χ1) is 10.1. The highest BCUT2D eigenvalue weighted by molar-refractivity contribution is 5.91. The van der Waals surface area contributed by atoms with Gasteiger partial charge in [-0.2, -0.15) is 0 Å². The monoisotopic (exact) mass is 290 g/mol. The number of carbonyl (C=O) groups excluding carboxylic acids is 1. The molecule has 21 heavy (non-hydrogen) atoms. The van der Waals surface area contributed by atoms with Crippen molar-refractivity contribution < 1.29 is 18.9 Å². The number of rotatable bonds is 6. The Labute approximate surface area is 120 Å². The lowest BCUT2D eigenvalue weighted by Gasteiger charge is -2.03. The summed E-state index contributed by atoms with van der Waals surface area (Å²) in [5, 5.41) is 13.2. The van der Waals surface area contributed by atoms with Crippen molar-refractivity contribution in [3.63, 3.8) is 0 Å². The number of carbonyl (C=O) groups is 1. The molecule has 0 unspecified atom stereocenters. The second-order valence-electron chi connectivity index (χ2n) is 4.17. The fourth-order valence-corrected chi connectivity index (χ4v) is 1.64. The van der Waals surface area contributed by atoms with Crippen LogP contribution < -0.4 is 10.1 Å². The quantitative estimate of drug-likeness (QED) is 0.651. The third-order valence-electron chi connectivity index (χ3n) is 2.65. The molecule has 0 aliphatic rings. The second kappa shape index (κ2) is 6.56. The third-order valence-corrected chi connectivity index (χ3v) is 2.65. The number of hydrogen-bond acceptors (Lipinski definition) is 5. The lowest BCUT2D eigenvalue weighted by molar-refractivity contribution is -0.384. The van der Waals surface area contributed by atoms with E-state index in [0.29, 0.717) is 18.1 Å². The minimum Gasteiger partial charge on any atom is -0.486 e. The number of amides is 1. The van der Waals surface area contributed by atoms with Crippen LogP contribution in [0.5, 0.6) is 5.75 Å². The van der Waals surface area contributed by atoms with Crippen LogP contribution in [0.15, 0.2) is 40.8 Å². The molecule has 110 valence electrons. The minimum atomic E-state index is -0.477. The number of benzene rings is 1. The molecule has 0 atom stereocenters. The fourth-order valence-electron chi connectivity index (χ4n) is 1.64. The van der Waals surface area contributed by atoms with Crippen molar-refractivity contribution in [1.29, 1.82) is 0 Å². The predicted octanol–water partition coefficient (Wildman–Crippen LogP) is 2.52. The molecule has 1 aromatic carbocycles. The van der Waals surface area contributed by atoms with Gasteiger partial charge in [0.25, 0.3) is 11.6 Å². The summed E-state index contributed by atoms with van der Waals surface area (Å²) in [6.07, 6.45) is 0. The molecule has 0 aliphatic heterocycles. The van der Waals surface area contributed by atoms with Gasteiger partial charge in [0, 0.05) is 18.7 Å². The van der Waals surface area contributed by atoms with Crippen molar-refractivity contribution in [2.24, 2.45) is 0 Å². The van der Waals surface area contributed by atoms with Gasteiger partial charge < -0.3 is 14.5 Å². The summed E-state index contributed by atoms with van der Waals surface area (Å²) in [5.74, 6) is 0.921. The molecule has 2 aromatic rings. The van der Waals surface area contributed by atoms with Crippen molar-refractivity contribution in [2.75, 3.05) is 6.54 Å². The lowest BCUT2D eigenvalue weighted by atomic mass is 10.3. The molecule has 7 nitrogen and oxygen atoms in total. The maximum Gasteiger partial charge on any atom is 0.286 e. The van der Waals surface area contributed by atoms with Gasteiger partial charge >= 0.3 is 0 Å². The second-order valence-corrected chi connectivity index (χ2v) is 4.17. The van der Waals surface area contributed by atoms with E-state index < -0.39 is 4.92 Å². The van der Waals surface area contributed by atoms with Crippen LogP contribution in [0.3, 0.4) is 0 Å². The standard InChI is InChI=1S/C14H14N2O5/c1-2-15-14(17)13-8-7-12(21-13)9-20-11-5-3-10(4-6-11)16(18)19/h3-8H,2,9H2,1H3,(H,15,17). The number of nitrogens with zero attached hydrogens (tertiary/aromatic N) is 1. The smallest absolute Gasteiger partial charge is 0.286 e. The number of non-ortho nitro benzene ring substituents is 1. The Hall–Kier alpha value is -2.83. The van der Waals surface area contributed by atoms with Gasteiger partial charge in [-0.3, -0.25) is 14.9 Å². The molecule has 0 radical (unpaired) electrons. The molecule has 1 aromatic heterocycles. The molecule has 1 heterocycles. The van der Waals surface area contributed by atoms with Crippen LogP contribution in [0.25, 0.3) is 0 Å². The predicted molar refractivity (Wildman–Crippen MR) is 74.1 cm³/mol. The SMILES string of the molecule is CCNC(=O)c1ccc(COc2ccc([N+](=O)[O-])cc2)o1. The van der Waals surface area contributed by atoms with Gasteiger partial charge in [0.2, 0.25) is 0 Å². The maximum atomic E-state index is 11.5. The van der Waals surface area contributed by atoms with Crippen LogP contribution in [-0.4, -0.2) is 17.4 Å². The normalized spacial score (nSPS) is 10.1. The van der Waals surface area contributed by atoms with Gasteiger partial charge in [0.05, 0.1) is 4.92 Å². The van der Waals surface area contributed by atoms with Crippen molar-refractivity contribution in [2.45, 2.75) is 13.5 Å². The van der Waals surface area contributed by atoms with Crippen LogP contribution in [0.1, 0.15) is 23.2 Å². The number of nitro benzene ring substituents is 1. The van der Waals surface area contributed by atoms with E-state index in [1.54, 1.807) is 12.1 Å². The highest BCUT2D eigenvalue weighted by Gasteiger charge is 2.10. The summed E-state index contributed by atoms with van der Waals surface area (Å²) in [6, 6.07) is 8.95. The number of ether oxygens (including phenoxy) is 1. The zero-order chi connectivity index (χ0) is 15.2. The molecule has 0 spiro atoms. The van der Waals surface area contributed by atoms with Crippen molar-refractivity contribution >= 4 is 11.6 Å². The molecular formula is C14H14N2O5. The Kier molecular flexibility index (Phi) is 4.55. The maximum absolute atomic E-state index is 11.5. The largest absolute Gasteiger partial charge is 0.486 e. The lowest BCUT2D eigenvalue weighted by Crippen LogP contribution is -2.21. The third kappa shape index (κ3) is 3.82. The number of furan rings is 1. The Balaban J connectivity index is 1.94. The van der Waals surface area contributed by atoms with E-state index >= 15 is 0 Å². The highest BCUT2D eigenvalue weighted by atomic mass is 16.6. The highest BCUT2D eigenvalue weighted by Crippen LogP contribution is 2.19. The molecule has 7 heteroatoms. The first kappa shape index (κ1) is 14.6. The molecule has 0 saturated carbocycles. The Bertz CT molecular complexity index is 633. The number of nitrogens with one attached hydrogen (secondary N) is 1. The van der Waals surface area contributed by atoms with Crippen LogP contribution >= 0.6 is 0 Å². The summed E-state index contributed by atoms with van der Waals surface area (Å²) < 4.78 is 10.8. The van der Waals surface area contributed by atoms with Crippen molar-refractivity contribution in [3.8, 4) is 5.75 Å². The average molecular weight is 290 g/mol. The Morgan fingerprint density at radius 1 is 1.29 bits per heavy atom. The van der Waals surface area contributed by atoms with E-state index in [0.717, 1.165) is 0 Å². The molecule has 1 N–H and O–H groups in total.